The maximum atomic E-state index is 10.8. The Morgan fingerprint density at radius 3 is 1.86 bits per heavy atom. The Balaban J connectivity index is 3.96. The molecule has 0 saturated carbocycles. The van der Waals surface area contributed by atoms with Crippen molar-refractivity contribution in [2.75, 3.05) is 13.1 Å². The summed E-state index contributed by atoms with van der Waals surface area (Å²) in [6.07, 6.45) is 4.17. The molecule has 1 N–H and O–H groups in total. The van der Waals surface area contributed by atoms with Crippen LogP contribution in [-0.4, -0.2) is 29.7 Å². The van der Waals surface area contributed by atoms with E-state index in [1.807, 2.05) is 3.64 Å². The van der Waals surface area contributed by atoms with Crippen molar-refractivity contribution < 1.29 is 29.1 Å². The minimum absolute atomic E-state index is 0.830. The summed E-state index contributed by atoms with van der Waals surface area (Å²) < 4.78 is 32.3. The van der Waals surface area contributed by atoms with Crippen LogP contribution >= 0.6 is 0 Å². The standard InChI is InChI=1S/C8H18N.HO3S.Zn/c1-3-5-7-9-8-6-4-2;1-4(2)3;/h3-8H2,1-2H3;(H,1,2,3);/q-1;;+1. The van der Waals surface area contributed by atoms with E-state index in [1.165, 1.54) is 0 Å². The third-order valence-corrected chi connectivity index (χ3v) is 8.37. The fourth-order valence-corrected chi connectivity index (χ4v) is 7.42. The van der Waals surface area contributed by atoms with Gasteiger partial charge in [0.2, 0.25) is 0 Å². The van der Waals surface area contributed by atoms with E-state index in [0.717, 1.165) is 38.8 Å². The molecule has 0 spiro atoms. The Bertz CT molecular complexity index is 223. The van der Waals surface area contributed by atoms with E-state index in [4.69, 9.17) is 4.55 Å². The van der Waals surface area contributed by atoms with Crippen LogP contribution in [0.15, 0.2) is 0 Å². The molecule has 0 unspecified atom stereocenters. The van der Waals surface area contributed by atoms with Gasteiger partial charge in [-0.1, -0.05) is 0 Å². The van der Waals surface area contributed by atoms with Crippen molar-refractivity contribution >= 4 is 8.11 Å². The van der Waals surface area contributed by atoms with Crippen molar-refractivity contribution in [1.29, 1.82) is 0 Å². The molecule has 0 aromatic carbocycles. The quantitative estimate of drug-likeness (QED) is 0.541. The van der Waals surface area contributed by atoms with E-state index < -0.39 is 24.3 Å². The van der Waals surface area contributed by atoms with Crippen LogP contribution in [0.2, 0.25) is 0 Å². The van der Waals surface area contributed by atoms with Crippen molar-refractivity contribution in [2.24, 2.45) is 0 Å². The van der Waals surface area contributed by atoms with Crippen molar-refractivity contribution in [3.05, 3.63) is 0 Å². The van der Waals surface area contributed by atoms with Gasteiger partial charge < -0.3 is 0 Å². The summed E-state index contributed by atoms with van der Waals surface area (Å²) in [6.45, 7) is 5.82. The zero-order valence-corrected chi connectivity index (χ0v) is 12.9. The molecular formula is C8H19NO3SZn. The number of unbranched alkanes of at least 4 members (excludes halogenated alkanes) is 2. The molecule has 0 amide bonds. The molecule has 0 bridgehead atoms. The van der Waals surface area contributed by atoms with Crippen LogP contribution in [0.25, 0.3) is 0 Å². The molecule has 82 valence electrons. The van der Waals surface area contributed by atoms with E-state index in [1.54, 1.807) is 0 Å². The van der Waals surface area contributed by atoms with Gasteiger partial charge in [-0.15, -0.1) is 0 Å². The molecule has 0 aliphatic rings. The molecule has 0 radical (unpaired) electrons. The molecule has 0 heterocycles. The summed E-state index contributed by atoms with van der Waals surface area (Å²) in [4.78, 5) is 0. The van der Waals surface area contributed by atoms with Crippen LogP contribution in [0.3, 0.4) is 0 Å². The summed E-state index contributed by atoms with van der Waals surface area (Å²) >= 11 is -1.97. The van der Waals surface area contributed by atoms with Gasteiger partial charge in [0.15, 0.2) is 0 Å². The Kier molecular flexibility index (Phi) is 8.01. The topological polar surface area (TPSA) is 57.6 Å². The third kappa shape index (κ3) is 9.06. The first-order valence-electron chi connectivity index (χ1n) is 5.17. The summed E-state index contributed by atoms with van der Waals surface area (Å²) in [5.41, 5.74) is 0. The van der Waals surface area contributed by atoms with E-state index in [2.05, 4.69) is 13.8 Å². The van der Waals surface area contributed by atoms with Crippen LogP contribution in [0, 0.1) is 0 Å². The SMILES string of the molecule is CCCC[N](CCCC)[Zn][S](=O)(=O)O. The van der Waals surface area contributed by atoms with Gasteiger partial charge in [0.05, 0.1) is 0 Å². The van der Waals surface area contributed by atoms with Gasteiger partial charge in [0.25, 0.3) is 0 Å². The summed E-state index contributed by atoms with van der Waals surface area (Å²) in [5, 5.41) is 0. The van der Waals surface area contributed by atoms with Crippen LogP contribution < -0.4 is 0 Å². The Morgan fingerprint density at radius 1 is 1.14 bits per heavy atom. The second-order valence-corrected chi connectivity index (χ2v) is 13.1. The zero-order chi connectivity index (χ0) is 11.0. The van der Waals surface area contributed by atoms with Crippen LogP contribution in [0.1, 0.15) is 39.5 Å². The predicted octanol–water partition coefficient (Wildman–Crippen LogP) is 1.69. The van der Waals surface area contributed by atoms with E-state index in [9.17, 15) is 8.42 Å². The molecule has 0 fully saturated rings. The average Bonchev–Trinajstić information content (AvgIpc) is 2.07. The number of rotatable bonds is 8. The third-order valence-electron chi connectivity index (χ3n) is 2.00. The van der Waals surface area contributed by atoms with Gasteiger partial charge in [-0.05, 0) is 0 Å². The first-order chi connectivity index (χ1) is 6.49. The van der Waals surface area contributed by atoms with Crippen LogP contribution in [0.5, 0.6) is 0 Å². The summed E-state index contributed by atoms with van der Waals surface area (Å²) in [5.74, 6) is 0. The number of nitrogens with zero attached hydrogens (tertiary/aromatic N) is 1. The van der Waals surface area contributed by atoms with Crippen molar-refractivity contribution in [2.45, 2.75) is 39.5 Å². The Hall–Kier alpha value is 0.493. The van der Waals surface area contributed by atoms with Gasteiger partial charge >= 0.3 is 93.5 Å². The number of hydrogen-bond donors (Lipinski definition) is 1. The predicted molar refractivity (Wildman–Crippen MR) is 52.9 cm³/mol. The normalized spacial score (nSPS) is 11.7. The van der Waals surface area contributed by atoms with E-state index in [-0.39, 0.29) is 0 Å². The second-order valence-electron chi connectivity index (χ2n) is 3.54. The van der Waals surface area contributed by atoms with Gasteiger partial charge in [0, 0.05) is 0 Å². The second kappa shape index (κ2) is 7.74. The van der Waals surface area contributed by atoms with Gasteiger partial charge in [0.1, 0.15) is 0 Å². The van der Waals surface area contributed by atoms with Crippen molar-refractivity contribution in [1.82, 2.24) is 3.64 Å². The molecular weight excluding hydrogens is 256 g/mol. The van der Waals surface area contributed by atoms with Crippen LogP contribution in [-0.2, 0) is 24.3 Å². The molecule has 0 aliphatic heterocycles. The molecule has 0 atom stereocenters. The molecule has 14 heavy (non-hydrogen) atoms. The van der Waals surface area contributed by atoms with E-state index in [0.29, 0.717) is 0 Å². The first-order valence-corrected chi connectivity index (χ1v) is 11.7. The van der Waals surface area contributed by atoms with E-state index >= 15 is 0 Å². The molecule has 0 rings (SSSR count). The zero-order valence-electron chi connectivity index (χ0n) is 9.07. The maximum absolute atomic E-state index is 10.8. The van der Waals surface area contributed by atoms with Crippen LogP contribution in [0.4, 0.5) is 0 Å². The molecule has 0 aromatic heterocycles. The molecule has 6 heteroatoms. The minimum atomic E-state index is -3.67. The Morgan fingerprint density at radius 2 is 1.57 bits per heavy atom. The first kappa shape index (κ1) is 14.5. The number of hydrogen-bond acceptors (Lipinski definition) is 3. The fraction of sp³-hybridized carbons (Fsp3) is 1.00. The van der Waals surface area contributed by atoms with Gasteiger partial charge in [-0.25, -0.2) is 0 Å². The molecule has 0 saturated heterocycles. The summed E-state index contributed by atoms with van der Waals surface area (Å²) in [6, 6.07) is 0. The molecule has 0 aliphatic carbocycles. The molecule has 0 aromatic rings. The average molecular weight is 275 g/mol. The monoisotopic (exact) mass is 273 g/mol. The molecule has 4 nitrogen and oxygen atoms in total. The fourth-order valence-electron chi connectivity index (χ4n) is 1.24. The van der Waals surface area contributed by atoms with Crippen molar-refractivity contribution in [3.8, 4) is 0 Å². The van der Waals surface area contributed by atoms with Gasteiger partial charge in [-0.3, -0.25) is 0 Å². The Labute approximate surface area is 93.5 Å². The summed E-state index contributed by atoms with van der Waals surface area (Å²) in [7, 11) is -3.67. The van der Waals surface area contributed by atoms with Crippen molar-refractivity contribution in [3.63, 3.8) is 0 Å². The van der Waals surface area contributed by atoms with Gasteiger partial charge in [-0.2, -0.15) is 0 Å².